The molecule has 0 spiro atoms. The number of nitro groups is 1. The van der Waals surface area contributed by atoms with Crippen molar-refractivity contribution in [1.29, 1.82) is 0 Å². The van der Waals surface area contributed by atoms with Crippen molar-refractivity contribution in [2.24, 2.45) is 0 Å². The van der Waals surface area contributed by atoms with E-state index in [1.54, 1.807) is 11.3 Å². The first-order chi connectivity index (χ1) is 12.8. The van der Waals surface area contributed by atoms with E-state index in [-0.39, 0.29) is 9.90 Å². The SMILES string of the molecule is CS(=O)(=O)c1cc([N+](=O)[O-])c(N2CCC(c3nc4ccccc4s3)CC2)s1. The van der Waals surface area contributed by atoms with Crippen LogP contribution in [0.5, 0.6) is 0 Å². The van der Waals surface area contributed by atoms with Crippen LogP contribution in [-0.2, 0) is 9.84 Å². The third-order valence-electron chi connectivity index (χ3n) is 4.67. The standard InChI is InChI=1S/C17H17N3O4S3/c1-27(23,24)15-10-13(20(21)22)17(26-15)19-8-6-11(7-9-19)16-18-12-4-2-3-5-14(12)25-16/h2-5,10-11H,6-9H2,1H3. The molecule has 1 saturated heterocycles. The summed E-state index contributed by atoms with van der Waals surface area (Å²) in [7, 11) is -3.47. The molecule has 142 valence electrons. The van der Waals surface area contributed by atoms with E-state index in [0.717, 1.165) is 41.0 Å². The summed E-state index contributed by atoms with van der Waals surface area (Å²) >= 11 is 2.69. The lowest BCUT2D eigenvalue weighted by atomic mass is 9.98. The maximum Gasteiger partial charge on any atom is 0.305 e. The quantitative estimate of drug-likeness (QED) is 0.464. The van der Waals surface area contributed by atoms with Gasteiger partial charge in [0.05, 0.1) is 20.1 Å². The van der Waals surface area contributed by atoms with Gasteiger partial charge >= 0.3 is 5.69 Å². The van der Waals surface area contributed by atoms with Gasteiger partial charge in [0.2, 0.25) is 0 Å². The molecule has 1 aliphatic rings. The van der Waals surface area contributed by atoms with Crippen LogP contribution < -0.4 is 4.90 Å². The third kappa shape index (κ3) is 3.56. The Kier molecular flexibility index (Phi) is 4.65. The highest BCUT2D eigenvalue weighted by Gasteiger charge is 2.31. The first-order valence-electron chi connectivity index (χ1n) is 8.41. The molecule has 3 heterocycles. The Morgan fingerprint density at radius 1 is 1.22 bits per heavy atom. The number of fused-ring (bicyclic) bond motifs is 1. The highest BCUT2D eigenvalue weighted by atomic mass is 32.2. The summed E-state index contributed by atoms with van der Waals surface area (Å²) in [6, 6.07) is 9.22. The molecule has 2 aromatic heterocycles. The molecule has 0 unspecified atom stereocenters. The summed E-state index contributed by atoms with van der Waals surface area (Å²) in [6.45, 7) is 1.29. The number of nitrogens with zero attached hydrogens (tertiary/aromatic N) is 3. The average molecular weight is 424 g/mol. The minimum Gasteiger partial charge on any atom is -0.358 e. The first-order valence-corrected chi connectivity index (χ1v) is 11.9. The molecule has 0 bridgehead atoms. The largest absolute Gasteiger partial charge is 0.358 e. The molecular weight excluding hydrogens is 406 g/mol. The van der Waals surface area contributed by atoms with Crippen LogP contribution in [0.2, 0.25) is 0 Å². The van der Waals surface area contributed by atoms with Crippen molar-refractivity contribution >= 4 is 53.4 Å². The summed E-state index contributed by atoms with van der Waals surface area (Å²) < 4.78 is 24.8. The van der Waals surface area contributed by atoms with Gasteiger partial charge in [0.1, 0.15) is 4.21 Å². The summed E-state index contributed by atoms with van der Waals surface area (Å²) in [5, 5.41) is 12.9. The maximum absolute atomic E-state index is 11.8. The molecule has 0 aliphatic carbocycles. The number of para-hydroxylation sites is 1. The Hall–Kier alpha value is -2.04. The van der Waals surface area contributed by atoms with E-state index >= 15 is 0 Å². The van der Waals surface area contributed by atoms with Gasteiger partial charge in [-0.2, -0.15) is 0 Å². The second-order valence-electron chi connectivity index (χ2n) is 6.57. The summed E-state index contributed by atoms with van der Waals surface area (Å²) in [4.78, 5) is 17.5. The van der Waals surface area contributed by atoms with Crippen LogP contribution in [-0.4, -0.2) is 37.7 Å². The fraction of sp³-hybridized carbons (Fsp3) is 0.353. The molecule has 1 fully saturated rings. The minimum absolute atomic E-state index is 0.0393. The van der Waals surface area contributed by atoms with Crippen molar-refractivity contribution in [3.8, 4) is 0 Å². The van der Waals surface area contributed by atoms with Crippen LogP contribution in [0.1, 0.15) is 23.8 Å². The molecule has 0 atom stereocenters. The summed E-state index contributed by atoms with van der Waals surface area (Å²) in [5.74, 6) is 0.326. The van der Waals surface area contributed by atoms with Crippen LogP contribution in [0.15, 0.2) is 34.5 Å². The van der Waals surface area contributed by atoms with Crippen LogP contribution in [0.25, 0.3) is 10.2 Å². The van der Waals surface area contributed by atoms with Crippen LogP contribution >= 0.6 is 22.7 Å². The van der Waals surface area contributed by atoms with Gasteiger partial charge in [-0.25, -0.2) is 13.4 Å². The maximum atomic E-state index is 11.8. The van der Waals surface area contributed by atoms with Gasteiger partial charge in [0.25, 0.3) is 0 Å². The van der Waals surface area contributed by atoms with Gasteiger partial charge in [-0.1, -0.05) is 23.5 Å². The lowest BCUT2D eigenvalue weighted by Gasteiger charge is -2.31. The Morgan fingerprint density at radius 2 is 1.93 bits per heavy atom. The number of thiophene rings is 1. The van der Waals surface area contributed by atoms with E-state index < -0.39 is 14.8 Å². The van der Waals surface area contributed by atoms with Crippen LogP contribution in [0.3, 0.4) is 0 Å². The van der Waals surface area contributed by atoms with Gasteiger partial charge in [0.15, 0.2) is 14.8 Å². The van der Waals surface area contributed by atoms with Crippen molar-refractivity contribution < 1.29 is 13.3 Å². The van der Waals surface area contributed by atoms with Crippen molar-refractivity contribution in [1.82, 2.24) is 4.98 Å². The van der Waals surface area contributed by atoms with Gasteiger partial charge in [0, 0.05) is 31.3 Å². The van der Waals surface area contributed by atoms with E-state index in [9.17, 15) is 18.5 Å². The number of hydrogen-bond donors (Lipinski definition) is 0. The second-order valence-corrected chi connectivity index (χ2v) is 10.9. The lowest BCUT2D eigenvalue weighted by molar-refractivity contribution is -0.383. The van der Waals surface area contributed by atoms with Crippen molar-refractivity contribution in [3.05, 3.63) is 45.5 Å². The van der Waals surface area contributed by atoms with Crippen molar-refractivity contribution in [2.75, 3.05) is 24.2 Å². The lowest BCUT2D eigenvalue weighted by Crippen LogP contribution is -2.32. The predicted molar refractivity (Wildman–Crippen MR) is 108 cm³/mol. The number of thiazole rings is 1. The zero-order chi connectivity index (χ0) is 19.2. The monoisotopic (exact) mass is 423 g/mol. The molecular formula is C17H17N3O4S3. The summed E-state index contributed by atoms with van der Waals surface area (Å²) in [5.41, 5.74) is 0.880. The number of rotatable bonds is 4. The normalized spacial score (nSPS) is 16.1. The Morgan fingerprint density at radius 3 is 2.56 bits per heavy atom. The highest BCUT2D eigenvalue weighted by molar-refractivity contribution is 7.92. The van der Waals surface area contributed by atoms with Crippen LogP contribution in [0, 0.1) is 10.1 Å². The minimum atomic E-state index is -3.47. The Bertz CT molecular complexity index is 1080. The topological polar surface area (TPSA) is 93.4 Å². The molecule has 1 aliphatic heterocycles. The van der Waals surface area contributed by atoms with Gasteiger partial charge in [-0.15, -0.1) is 11.3 Å². The molecule has 4 rings (SSSR count). The zero-order valence-corrected chi connectivity index (χ0v) is 16.9. The molecule has 7 nitrogen and oxygen atoms in total. The molecule has 0 N–H and O–H groups in total. The van der Waals surface area contributed by atoms with E-state index in [0.29, 0.717) is 24.0 Å². The number of benzene rings is 1. The van der Waals surface area contributed by atoms with Gasteiger partial charge in [-0.05, 0) is 25.0 Å². The molecule has 0 radical (unpaired) electrons. The smallest absolute Gasteiger partial charge is 0.305 e. The number of piperidine rings is 1. The second kappa shape index (κ2) is 6.84. The molecule has 3 aromatic rings. The molecule has 10 heteroatoms. The van der Waals surface area contributed by atoms with Crippen LogP contribution in [0.4, 0.5) is 10.7 Å². The molecule has 1 aromatic carbocycles. The summed E-state index contributed by atoms with van der Waals surface area (Å²) in [6.07, 6.45) is 2.75. The van der Waals surface area contributed by atoms with E-state index in [1.165, 1.54) is 10.8 Å². The fourth-order valence-corrected chi connectivity index (χ4v) is 6.50. The number of anilines is 1. The van der Waals surface area contributed by atoms with E-state index in [2.05, 4.69) is 6.07 Å². The Balaban J connectivity index is 1.55. The van der Waals surface area contributed by atoms with E-state index in [1.807, 2.05) is 23.1 Å². The van der Waals surface area contributed by atoms with E-state index in [4.69, 9.17) is 4.98 Å². The van der Waals surface area contributed by atoms with Gasteiger partial charge < -0.3 is 4.90 Å². The Labute approximate surface area is 164 Å². The molecule has 27 heavy (non-hydrogen) atoms. The first kappa shape index (κ1) is 18.3. The number of hydrogen-bond acceptors (Lipinski definition) is 8. The number of sulfone groups is 1. The highest BCUT2D eigenvalue weighted by Crippen LogP contribution is 2.42. The molecule has 0 amide bonds. The van der Waals surface area contributed by atoms with Gasteiger partial charge in [-0.3, -0.25) is 10.1 Å². The third-order valence-corrected chi connectivity index (χ3v) is 8.86. The number of aromatic nitrogens is 1. The van der Waals surface area contributed by atoms with Crippen molar-refractivity contribution in [2.45, 2.75) is 23.0 Å². The fourth-order valence-electron chi connectivity index (χ4n) is 3.28. The molecule has 0 saturated carbocycles. The zero-order valence-electron chi connectivity index (χ0n) is 14.5. The van der Waals surface area contributed by atoms with Crippen molar-refractivity contribution in [3.63, 3.8) is 0 Å². The predicted octanol–water partition coefficient (Wildman–Crippen LogP) is 4.05. The average Bonchev–Trinajstić information content (AvgIpc) is 3.26.